The normalized spacial score (nSPS) is 12.2. The molecular formula is C15H16N4O6S2. The zero-order valence-corrected chi connectivity index (χ0v) is 15.9. The molecule has 0 amide bonds. The van der Waals surface area contributed by atoms with Gasteiger partial charge in [-0.05, 0) is 37.4 Å². The Bertz CT molecular complexity index is 1280. The van der Waals surface area contributed by atoms with E-state index >= 15 is 0 Å². The van der Waals surface area contributed by atoms with Crippen molar-refractivity contribution in [2.75, 3.05) is 24.1 Å². The van der Waals surface area contributed by atoms with Crippen LogP contribution >= 0.6 is 0 Å². The Kier molecular flexibility index (Phi) is 4.71. The van der Waals surface area contributed by atoms with Crippen molar-refractivity contribution in [1.82, 2.24) is 9.71 Å². The summed E-state index contributed by atoms with van der Waals surface area (Å²) in [5.74, 6) is -0.699. The quantitative estimate of drug-likeness (QED) is 0.469. The van der Waals surface area contributed by atoms with Gasteiger partial charge in [-0.25, -0.2) is 26.4 Å². The number of aromatic amines is 1. The lowest BCUT2D eigenvalue weighted by atomic mass is 10.3. The first-order chi connectivity index (χ1) is 12.7. The molecule has 0 fully saturated rings. The number of nitrogens with one attached hydrogen (secondary N) is 4. The highest BCUT2D eigenvalue weighted by atomic mass is 32.2. The van der Waals surface area contributed by atoms with E-state index in [9.17, 15) is 21.6 Å². The van der Waals surface area contributed by atoms with Crippen molar-refractivity contribution in [1.29, 1.82) is 0 Å². The zero-order chi connectivity index (χ0) is 19.8. The van der Waals surface area contributed by atoms with Gasteiger partial charge >= 0.3 is 5.76 Å². The molecule has 0 aliphatic carbocycles. The highest BCUT2D eigenvalue weighted by molar-refractivity contribution is 7.92. The van der Waals surface area contributed by atoms with Crippen LogP contribution in [0.2, 0.25) is 0 Å². The van der Waals surface area contributed by atoms with Gasteiger partial charge in [0.15, 0.2) is 5.58 Å². The third-order valence-electron chi connectivity index (χ3n) is 3.79. The number of benzene rings is 2. The number of anilines is 2. The lowest BCUT2D eigenvalue weighted by molar-refractivity contribution is 0.554. The van der Waals surface area contributed by atoms with E-state index in [0.29, 0.717) is 11.2 Å². The molecule has 10 nitrogen and oxygen atoms in total. The molecule has 27 heavy (non-hydrogen) atoms. The Hall–Kier alpha value is -2.83. The van der Waals surface area contributed by atoms with Crippen LogP contribution in [-0.2, 0) is 20.0 Å². The predicted molar refractivity (Wildman–Crippen MR) is 99.9 cm³/mol. The second-order valence-corrected chi connectivity index (χ2v) is 9.01. The van der Waals surface area contributed by atoms with Gasteiger partial charge in [-0.1, -0.05) is 0 Å². The van der Waals surface area contributed by atoms with E-state index < -0.39 is 25.8 Å². The standard InChI is InChI=1S/C15H16N4O6S2/c1-16-11-5-3-9(26(21,22)17-2)7-13(11)19-27(23,24)10-4-6-12-14(8-10)25-15(20)18-12/h3-8,16-17,19H,1-2H3,(H,18,20). The van der Waals surface area contributed by atoms with Crippen molar-refractivity contribution in [3.63, 3.8) is 0 Å². The number of sulfonamides is 2. The van der Waals surface area contributed by atoms with Gasteiger partial charge in [0.25, 0.3) is 10.0 Å². The van der Waals surface area contributed by atoms with Gasteiger partial charge in [-0.15, -0.1) is 0 Å². The van der Waals surface area contributed by atoms with Crippen LogP contribution in [-0.4, -0.2) is 35.9 Å². The second kappa shape index (κ2) is 6.72. The first kappa shape index (κ1) is 18.9. The summed E-state index contributed by atoms with van der Waals surface area (Å²) in [6, 6.07) is 7.87. The minimum Gasteiger partial charge on any atom is -0.408 e. The highest BCUT2D eigenvalue weighted by Crippen LogP contribution is 2.28. The summed E-state index contributed by atoms with van der Waals surface area (Å²) in [5.41, 5.74) is 0.868. The molecule has 0 atom stereocenters. The molecular weight excluding hydrogens is 396 g/mol. The Morgan fingerprint density at radius 3 is 2.22 bits per heavy atom. The average molecular weight is 412 g/mol. The molecule has 12 heteroatoms. The van der Waals surface area contributed by atoms with E-state index in [2.05, 4.69) is 19.7 Å². The molecule has 0 saturated carbocycles. The van der Waals surface area contributed by atoms with Crippen molar-refractivity contribution < 1.29 is 21.3 Å². The summed E-state index contributed by atoms with van der Waals surface area (Å²) < 4.78 is 58.8. The average Bonchev–Trinajstić information content (AvgIpc) is 3.00. The SMILES string of the molecule is CNc1ccc(S(=O)(=O)NC)cc1NS(=O)(=O)c1ccc2[nH]c(=O)oc2c1. The van der Waals surface area contributed by atoms with E-state index in [1.54, 1.807) is 7.05 Å². The molecule has 1 aromatic heterocycles. The van der Waals surface area contributed by atoms with Crippen LogP contribution in [0.25, 0.3) is 11.1 Å². The Balaban J connectivity index is 2.05. The lowest BCUT2D eigenvalue weighted by Crippen LogP contribution is -2.19. The molecule has 0 aliphatic rings. The predicted octanol–water partition coefficient (Wildman–Crippen LogP) is 0.872. The molecule has 0 spiro atoms. The Morgan fingerprint density at radius 1 is 0.889 bits per heavy atom. The minimum absolute atomic E-state index is 0.0458. The number of rotatable bonds is 6. The van der Waals surface area contributed by atoms with Crippen LogP contribution in [0.3, 0.4) is 0 Å². The second-order valence-electron chi connectivity index (χ2n) is 5.44. The number of hydrogen-bond donors (Lipinski definition) is 4. The largest absolute Gasteiger partial charge is 0.417 e. The summed E-state index contributed by atoms with van der Waals surface area (Å²) in [6.45, 7) is 0. The molecule has 3 aromatic rings. The first-order valence-corrected chi connectivity index (χ1v) is 10.5. The lowest BCUT2D eigenvalue weighted by Gasteiger charge is -2.14. The van der Waals surface area contributed by atoms with Gasteiger partial charge in [0.1, 0.15) is 0 Å². The summed E-state index contributed by atoms with van der Waals surface area (Å²) in [7, 11) is -5.01. The van der Waals surface area contributed by atoms with Crippen LogP contribution in [0.4, 0.5) is 11.4 Å². The number of H-pyrrole nitrogens is 1. The molecule has 0 radical (unpaired) electrons. The van der Waals surface area contributed by atoms with Crippen molar-refractivity contribution >= 4 is 42.5 Å². The molecule has 144 valence electrons. The van der Waals surface area contributed by atoms with Crippen molar-refractivity contribution in [2.45, 2.75) is 9.79 Å². The van der Waals surface area contributed by atoms with Crippen LogP contribution in [0, 0.1) is 0 Å². The van der Waals surface area contributed by atoms with E-state index in [-0.39, 0.29) is 21.1 Å². The molecule has 1 heterocycles. The fourth-order valence-electron chi connectivity index (χ4n) is 2.41. The van der Waals surface area contributed by atoms with Gasteiger partial charge in [-0.3, -0.25) is 9.71 Å². The molecule has 4 N–H and O–H groups in total. The monoisotopic (exact) mass is 412 g/mol. The molecule has 0 saturated heterocycles. The zero-order valence-electron chi connectivity index (χ0n) is 14.2. The van der Waals surface area contributed by atoms with Crippen LogP contribution < -0.4 is 20.5 Å². The number of hydrogen-bond acceptors (Lipinski definition) is 7. The third-order valence-corrected chi connectivity index (χ3v) is 6.56. The number of oxazole rings is 1. The van der Waals surface area contributed by atoms with Gasteiger partial charge in [0, 0.05) is 13.1 Å². The number of fused-ring (bicyclic) bond motifs is 1. The van der Waals surface area contributed by atoms with Crippen LogP contribution in [0.5, 0.6) is 0 Å². The fraction of sp³-hybridized carbons (Fsp3) is 0.133. The maximum absolute atomic E-state index is 12.7. The van der Waals surface area contributed by atoms with E-state index in [4.69, 9.17) is 4.42 Å². The summed E-state index contributed by atoms with van der Waals surface area (Å²) in [4.78, 5) is 13.4. The van der Waals surface area contributed by atoms with Gasteiger partial charge in [0.05, 0.1) is 26.7 Å². The Morgan fingerprint density at radius 2 is 1.56 bits per heavy atom. The van der Waals surface area contributed by atoms with Gasteiger partial charge < -0.3 is 9.73 Å². The van der Waals surface area contributed by atoms with Crippen molar-refractivity contribution in [3.05, 3.63) is 46.9 Å². The maximum Gasteiger partial charge on any atom is 0.417 e. The highest BCUT2D eigenvalue weighted by Gasteiger charge is 2.20. The number of aromatic nitrogens is 1. The third kappa shape index (κ3) is 3.67. The van der Waals surface area contributed by atoms with Crippen LogP contribution in [0.1, 0.15) is 0 Å². The topological polar surface area (TPSA) is 150 Å². The van der Waals surface area contributed by atoms with Crippen LogP contribution in [0.15, 0.2) is 55.4 Å². The summed E-state index contributed by atoms with van der Waals surface area (Å²) in [6.07, 6.45) is 0. The smallest absolute Gasteiger partial charge is 0.408 e. The van der Waals surface area contributed by atoms with E-state index in [1.165, 1.54) is 43.4 Å². The maximum atomic E-state index is 12.7. The minimum atomic E-state index is -4.08. The summed E-state index contributed by atoms with van der Waals surface area (Å²) in [5, 5.41) is 2.79. The molecule has 2 aromatic carbocycles. The van der Waals surface area contributed by atoms with E-state index in [0.717, 1.165) is 0 Å². The molecule has 0 bridgehead atoms. The van der Waals surface area contributed by atoms with Gasteiger partial charge in [-0.2, -0.15) is 0 Å². The molecule has 3 rings (SSSR count). The van der Waals surface area contributed by atoms with Gasteiger partial charge in [0.2, 0.25) is 10.0 Å². The summed E-state index contributed by atoms with van der Waals surface area (Å²) >= 11 is 0. The fourth-order valence-corrected chi connectivity index (χ4v) is 4.25. The Labute approximate surface area is 154 Å². The van der Waals surface area contributed by atoms with E-state index in [1.807, 2.05) is 0 Å². The molecule has 0 aliphatic heterocycles. The molecule has 0 unspecified atom stereocenters. The van der Waals surface area contributed by atoms with Crippen molar-refractivity contribution in [2.24, 2.45) is 0 Å². The first-order valence-electron chi connectivity index (χ1n) is 7.57. The van der Waals surface area contributed by atoms with Crippen molar-refractivity contribution in [3.8, 4) is 0 Å².